The van der Waals surface area contributed by atoms with Gasteiger partial charge in [0.2, 0.25) is 5.88 Å². The van der Waals surface area contributed by atoms with Gasteiger partial charge in [0.15, 0.2) is 5.96 Å². The molecule has 0 saturated carbocycles. The van der Waals surface area contributed by atoms with E-state index in [2.05, 4.69) is 46.6 Å². The van der Waals surface area contributed by atoms with Crippen LogP contribution in [-0.4, -0.2) is 31.1 Å². The molecule has 0 saturated heterocycles. The van der Waals surface area contributed by atoms with Gasteiger partial charge in [-0.25, -0.2) is 4.98 Å². The third-order valence-electron chi connectivity index (χ3n) is 3.38. The van der Waals surface area contributed by atoms with Crippen LogP contribution in [0.2, 0.25) is 0 Å². The Morgan fingerprint density at radius 1 is 1.38 bits per heavy atom. The van der Waals surface area contributed by atoms with E-state index in [1.165, 1.54) is 9.75 Å². The highest BCUT2D eigenvalue weighted by Gasteiger charge is 2.08. The molecular formula is C17H25IN4OS. The first-order chi connectivity index (χ1) is 11.1. The van der Waals surface area contributed by atoms with E-state index in [1.54, 1.807) is 20.4 Å². The summed E-state index contributed by atoms with van der Waals surface area (Å²) in [4.78, 5) is 11.1. The summed E-state index contributed by atoms with van der Waals surface area (Å²) in [5.74, 6) is 1.41. The highest BCUT2D eigenvalue weighted by molar-refractivity contribution is 14.0. The Morgan fingerprint density at radius 3 is 2.79 bits per heavy atom. The fourth-order valence-corrected chi connectivity index (χ4v) is 3.25. The summed E-state index contributed by atoms with van der Waals surface area (Å²) in [5.41, 5.74) is 1.10. The Kier molecular flexibility index (Phi) is 9.05. The van der Waals surface area contributed by atoms with Crippen LogP contribution >= 0.6 is 35.3 Å². The summed E-state index contributed by atoms with van der Waals surface area (Å²) in [7, 11) is 3.40. The molecule has 1 unspecified atom stereocenters. The van der Waals surface area contributed by atoms with E-state index >= 15 is 0 Å². The van der Waals surface area contributed by atoms with Crippen molar-refractivity contribution < 1.29 is 4.74 Å². The van der Waals surface area contributed by atoms with Crippen molar-refractivity contribution in [1.29, 1.82) is 0 Å². The molecule has 132 valence electrons. The lowest BCUT2D eigenvalue weighted by atomic mass is 10.2. The molecule has 5 nitrogen and oxygen atoms in total. The third-order valence-corrected chi connectivity index (χ3v) is 4.40. The smallest absolute Gasteiger partial charge is 0.213 e. The number of hydrogen-bond donors (Lipinski definition) is 2. The van der Waals surface area contributed by atoms with Gasteiger partial charge in [0, 0.05) is 48.1 Å². The van der Waals surface area contributed by atoms with Gasteiger partial charge in [-0.1, -0.05) is 0 Å². The Balaban J connectivity index is 0.00000288. The van der Waals surface area contributed by atoms with Gasteiger partial charge in [-0.05, 0) is 37.6 Å². The second kappa shape index (κ2) is 10.5. The minimum atomic E-state index is 0. The molecular weight excluding hydrogens is 435 g/mol. The number of guanidine groups is 1. The van der Waals surface area contributed by atoms with Gasteiger partial charge in [0.1, 0.15) is 0 Å². The number of aliphatic imine (C=N–C) groups is 1. The molecule has 0 amide bonds. The molecule has 0 fully saturated rings. The fourth-order valence-electron chi connectivity index (χ4n) is 2.23. The number of aryl methyl sites for hydroxylation is 1. The van der Waals surface area contributed by atoms with Gasteiger partial charge in [-0.2, -0.15) is 0 Å². The summed E-state index contributed by atoms with van der Waals surface area (Å²) in [6, 6.07) is 8.54. The van der Waals surface area contributed by atoms with Crippen molar-refractivity contribution in [1.82, 2.24) is 15.6 Å². The first kappa shape index (κ1) is 20.7. The molecule has 0 bridgehead atoms. The first-order valence-corrected chi connectivity index (χ1v) is 8.43. The molecule has 24 heavy (non-hydrogen) atoms. The van der Waals surface area contributed by atoms with Gasteiger partial charge in [0.25, 0.3) is 0 Å². The number of aromatic nitrogens is 1. The average Bonchev–Trinajstić information content (AvgIpc) is 2.96. The molecule has 0 aliphatic carbocycles. The van der Waals surface area contributed by atoms with Crippen LogP contribution in [0, 0.1) is 6.92 Å². The third kappa shape index (κ3) is 6.64. The SMILES string of the molecule is CN=C(NCc1ccnc(OC)c1)NC(C)Cc1ccc(C)s1.I. The van der Waals surface area contributed by atoms with Crippen molar-refractivity contribution in [2.45, 2.75) is 32.9 Å². The minimum Gasteiger partial charge on any atom is -0.481 e. The van der Waals surface area contributed by atoms with Crippen molar-refractivity contribution >= 4 is 41.3 Å². The number of nitrogens with one attached hydrogen (secondary N) is 2. The van der Waals surface area contributed by atoms with Crippen molar-refractivity contribution in [2.75, 3.05) is 14.2 Å². The molecule has 0 aliphatic heterocycles. The number of ether oxygens (including phenoxy) is 1. The van der Waals surface area contributed by atoms with E-state index < -0.39 is 0 Å². The number of pyridine rings is 1. The van der Waals surface area contributed by atoms with Crippen molar-refractivity contribution in [3.8, 4) is 5.88 Å². The van der Waals surface area contributed by atoms with Crippen LogP contribution in [0.4, 0.5) is 0 Å². The Labute approximate surface area is 165 Å². The highest BCUT2D eigenvalue weighted by Crippen LogP contribution is 2.16. The summed E-state index contributed by atoms with van der Waals surface area (Å²) >= 11 is 1.84. The topological polar surface area (TPSA) is 58.5 Å². The van der Waals surface area contributed by atoms with Gasteiger partial charge in [-0.15, -0.1) is 35.3 Å². The van der Waals surface area contributed by atoms with Crippen LogP contribution in [-0.2, 0) is 13.0 Å². The molecule has 0 radical (unpaired) electrons. The number of rotatable bonds is 6. The molecule has 2 aromatic heterocycles. The molecule has 0 aromatic carbocycles. The molecule has 2 aromatic rings. The maximum Gasteiger partial charge on any atom is 0.213 e. The number of nitrogens with zero attached hydrogens (tertiary/aromatic N) is 2. The van der Waals surface area contributed by atoms with E-state index in [4.69, 9.17) is 4.74 Å². The summed E-state index contributed by atoms with van der Waals surface area (Å²) in [5, 5.41) is 6.74. The van der Waals surface area contributed by atoms with Gasteiger partial charge >= 0.3 is 0 Å². The van der Waals surface area contributed by atoms with Crippen LogP contribution in [0.5, 0.6) is 5.88 Å². The normalized spacial score (nSPS) is 12.2. The quantitative estimate of drug-likeness (QED) is 0.394. The highest BCUT2D eigenvalue weighted by atomic mass is 127. The van der Waals surface area contributed by atoms with E-state index in [9.17, 15) is 0 Å². The molecule has 0 spiro atoms. The minimum absolute atomic E-state index is 0. The fraction of sp³-hybridized carbons (Fsp3) is 0.412. The van der Waals surface area contributed by atoms with Crippen LogP contribution in [0.15, 0.2) is 35.5 Å². The number of methoxy groups -OCH3 is 1. The molecule has 2 heterocycles. The monoisotopic (exact) mass is 460 g/mol. The standard InChI is InChI=1S/C17H24N4OS.HI/c1-12(9-15-6-5-13(2)23-15)21-17(18-3)20-11-14-7-8-19-16(10-14)22-4;/h5-8,10,12H,9,11H2,1-4H3,(H2,18,20,21);1H. The Hall–Kier alpha value is -1.35. The molecule has 0 aliphatic rings. The van der Waals surface area contributed by atoms with Crippen molar-refractivity contribution in [3.63, 3.8) is 0 Å². The number of hydrogen-bond acceptors (Lipinski definition) is 4. The lowest BCUT2D eigenvalue weighted by Gasteiger charge is -2.17. The van der Waals surface area contributed by atoms with Crippen molar-refractivity contribution in [3.05, 3.63) is 45.8 Å². The molecule has 7 heteroatoms. The van der Waals surface area contributed by atoms with Gasteiger partial charge < -0.3 is 15.4 Å². The lowest BCUT2D eigenvalue weighted by Crippen LogP contribution is -2.42. The summed E-state index contributed by atoms with van der Waals surface area (Å²) < 4.78 is 5.14. The maximum atomic E-state index is 5.14. The average molecular weight is 460 g/mol. The largest absolute Gasteiger partial charge is 0.481 e. The zero-order valence-electron chi connectivity index (χ0n) is 14.5. The second-order valence-corrected chi connectivity index (χ2v) is 6.77. The zero-order valence-corrected chi connectivity index (χ0v) is 17.6. The number of thiophene rings is 1. The van der Waals surface area contributed by atoms with E-state index in [-0.39, 0.29) is 24.0 Å². The van der Waals surface area contributed by atoms with Crippen LogP contribution in [0.25, 0.3) is 0 Å². The van der Waals surface area contributed by atoms with Crippen LogP contribution in [0.1, 0.15) is 22.2 Å². The van der Waals surface area contributed by atoms with E-state index in [0.29, 0.717) is 18.5 Å². The zero-order chi connectivity index (χ0) is 16.7. The number of halogens is 1. The van der Waals surface area contributed by atoms with Crippen LogP contribution < -0.4 is 15.4 Å². The van der Waals surface area contributed by atoms with Crippen LogP contribution in [0.3, 0.4) is 0 Å². The van der Waals surface area contributed by atoms with Crippen molar-refractivity contribution in [2.24, 2.45) is 4.99 Å². The first-order valence-electron chi connectivity index (χ1n) is 7.62. The Morgan fingerprint density at radius 2 is 2.17 bits per heavy atom. The molecule has 2 rings (SSSR count). The lowest BCUT2D eigenvalue weighted by molar-refractivity contribution is 0.397. The summed E-state index contributed by atoms with van der Waals surface area (Å²) in [6.07, 6.45) is 2.73. The summed E-state index contributed by atoms with van der Waals surface area (Å²) in [6.45, 7) is 4.97. The molecule has 1 atom stereocenters. The van der Waals surface area contributed by atoms with Gasteiger partial charge in [-0.3, -0.25) is 4.99 Å². The molecule has 2 N–H and O–H groups in total. The predicted octanol–water partition coefficient (Wildman–Crippen LogP) is 3.37. The maximum absolute atomic E-state index is 5.14. The van der Waals surface area contributed by atoms with Gasteiger partial charge in [0.05, 0.1) is 7.11 Å². The van der Waals surface area contributed by atoms with E-state index in [0.717, 1.165) is 17.9 Å². The second-order valence-electron chi connectivity index (χ2n) is 5.39. The van der Waals surface area contributed by atoms with E-state index in [1.807, 2.05) is 23.5 Å². The Bertz CT molecular complexity index is 660. The predicted molar refractivity (Wildman–Crippen MR) is 112 cm³/mol.